The first-order valence-corrected chi connectivity index (χ1v) is 11.7. The number of amides is 1. The highest BCUT2D eigenvalue weighted by molar-refractivity contribution is 7.89. The van der Waals surface area contributed by atoms with Crippen molar-refractivity contribution in [1.29, 1.82) is 0 Å². The van der Waals surface area contributed by atoms with Crippen LogP contribution in [0.2, 0.25) is 0 Å². The average molecular weight is 431 g/mol. The predicted molar refractivity (Wildman–Crippen MR) is 118 cm³/mol. The van der Waals surface area contributed by atoms with E-state index in [9.17, 15) is 13.2 Å². The SMILES string of the molecule is COc1ccc(C(C)C)cc1S(=O)(=O)N1CCC[C@@H](C(=O)Nc2cccc(C)c2)C1. The molecule has 1 aliphatic heterocycles. The number of hydrogen-bond donors (Lipinski definition) is 1. The lowest BCUT2D eigenvalue weighted by Crippen LogP contribution is -2.43. The van der Waals surface area contributed by atoms with Crippen molar-refractivity contribution in [3.63, 3.8) is 0 Å². The molecule has 1 aliphatic rings. The second kappa shape index (κ2) is 9.18. The third-order valence-corrected chi connectivity index (χ3v) is 7.40. The lowest BCUT2D eigenvalue weighted by Gasteiger charge is -2.31. The van der Waals surface area contributed by atoms with E-state index in [0.717, 1.165) is 16.8 Å². The summed E-state index contributed by atoms with van der Waals surface area (Å²) >= 11 is 0. The van der Waals surface area contributed by atoms with Crippen LogP contribution in [0.1, 0.15) is 43.7 Å². The Morgan fingerprint density at radius 3 is 2.63 bits per heavy atom. The predicted octanol–water partition coefficient (Wildman–Crippen LogP) is 4.17. The Kier molecular flexibility index (Phi) is 6.83. The zero-order chi connectivity index (χ0) is 21.9. The summed E-state index contributed by atoms with van der Waals surface area (Å²) in [7, 11) is -2.31. The van der Waals surface area contributed by atoms with Crippen molar-refractivity contribution in [2.75, 3.05) is 25.5 Å². The van der Waals surface area contributed by atoms with Gasteiger partial charge in [0.2, 0.25) is 15.9 Å². The van der Waals surface area contributed by atoms with Crippen molar-refractivity contribution in [1.82, 2.24) is 4.31 Å². The Labute approximate surface area is 179 Å². The van der Waals surface area contributed by atoms with Gasteiger partial charge in [-0.25, -0.2) is 8.42 Å². The molecule has 2 aromatic rings. The standard InChI is InChI=1S/C23H30N2O4S/c1-16(2)18-10-11-21(29-4)22(14-18)30(27,28)25-12-6-8-19(15-25)23(26)24-20-9-5-7-17(3)13-20/h5,7,9-11,13-14,16,19H,6,8,12,15H2,1-4H3,(H,24,26)/t19-/m1/s1. The summed E-state index contributed by atoms with van der Waals surface area (Å²) in [6.07, 6.45) is 1.30. The molecule has 0 saturated carbocycles. The number of anilines is 1. The van der Waals surface area contributed by atoms with Gasteiger partial charge in [-0.05, 0) is 61.1 Å². The molecule has 0 aromatic heterocycles. The Morgan fingerprint density at radius 2 is 1.97 bits per heavy atom. The average Bonchev–Trinajstić information content (AvgIpc) is 2.73. The molecule has 1 N–H and O–H groups in total. The Hall–Kier alpha value is -2.38. The maximum Gasteiger partial charge on any atom is 0.246 e. The van der Waals surface area contributed by atoms with Crippen LogP contribution in [0.5, 0.6) is 5.75 Å². The van der Waals surface area contributed by atoms with E-state index in [1.807, 2.05) is 51.1 Å². The van der Waals surface area contributed by atoms with Gasteiger partial charge < -0.3 is 10.1 Å². The molecule has 0 spiro atoms. The van der Waals surface area contributed by atoms with E-state index >= 15 is 0 Å². The van der Waals surface area contributed by atoms with E-state index in [-0.39, 0.29) is 23.3 Å². The molecule has 7 heteroatoms. The topological polar surface area (TPSA) is 75.7 Å². The van der Waals surface area contributed by atoms with Crippen LogP contribution in [-0.2, 0) is 14.8 Å². The molecule has 162 valence electrons. The Morgan fingerprint density at radius 1 is 1.20 bits per heavy atom. The molecule has 1 atom stereocenters. The quantitative estimate of drug-likeness (QED) is 0.746. The van der Waals surface area contributed by atoms with Crippen LogP contribution in [0.25, 0.3) is 0 Å². The number of hydrogen-bond acceptors (Lipinski definition) is 4. The van der Waals surface area contributed by atoms with Crippen LogP contribution in [0.3, 0.4) is 0 Å². The minimum Gasteiger partial charge on any atom is -0.495 e. The molecule has 0 unspecified atom stereocenters. The highest BCUT2D eigenvalue weighted by Gasteiger charge is 2.35. The molecule has 0 aliphatic carbocycles. The fourth-order valence-corrected chi connectivity index (χ4v) is 5.45. The first-order chi connectivity index (χ1) is 14.2. The normalized spacial score (nSPS) is 17.7. The van der Waals surface area contributed by atoms with E-state index in [1.54, 1.807) is 12.1 Å². The summed E-state index contributed by atoms with van der Waals surface area (Å²) in [5.74, 6) is -0.0264. The van der Waals surface area contributed by atoms with Crippen LogP contribution in [-0.4, -0.2) is 38.8 Å². The number of ether oxygens (including phenoxy) is 1. The molecule has 6 nitrogen and oxygen atoms in total. The molecule has 1 amide bonds. The van der Waals surface area contributed by atoms with Crippen molar-refractivity contribution in [2.24, 2.45) is 5.92 Å². The lowest BCUT2D eigenvalue weighted by atomic mass is 9.98. The lowest BCUT2D eigenvalue weighted by molar-refractivity contribution is -0.120. The highest BCUT2D eigenvalue weighted by Crippen LogP contribution is 2.32. The van der Waals surface area contributed by atoms with Crippen LogP contribution < -0.4 is 10.1 Å². The number of nitrogens with zero attached hydrogens (tertiary/aromatic N) is 1. The minimum atomic E-state index is -3.78. The van der Waals surface area contributed by atoms with Gasteiger partial charge in [-0.3, -0.25) is 4.79 Å². The maximum absolute atomic E-state index is 13.4. The summed E-state index contributed by atoms with van der Waals surface area (Å²) < 4.78 is 33.6. The van der Waals surface area contributed by atoms with Crippen LogP contribution in [0.15, 0.2) is 47.4 Å². The summed E-state index contributed by atoms with van der Waals surface area (Å²) in [5.41, 5.74) is 2.71. The molecule has 1 saturated heterocycles. The zero-order valence-electron chi connectivity index (χ0n) is 18.0. The van der Waals surface area contributed by atoms with E-state index < -0.39 is 15.9 Å². The second-order valence-corrected chi connectivity index (χ2v) is 10.0. The first-order valence-electron chi connectivity index (χ1n) is 10.3. The molecular formula is C23H30N2O4S. The van der Waals surface area contributed by atoms with E-state index in [2.05, 4.69) is 5.32 Å². The van der Waals surface area contributed by atoms with E-state index in [4.69, 9.17) is 4.74 Å². The molecule has 0 bridgehead atoms. The minimum absolute atomic E-state index is 0.150. The van der Waals surface area contributed by atoms with Gasteiger partial charge in [-0.1, -0.05) is 32.0 Å². The van der Waals surface area contributed by atoms with Gasteiger partial charge in [-0.2, -0.15) is 4.31 Å². The molecular weight excluding hydrogens is 400 g/mol. The largest absolute Gasteiger partial charge is 0.495 e. The summed E-state index contributed by atoms with van der Waals surface area (Å²) in [4.78, 5) is 13.0. The van der Waals surface area contributed by atoms with Crippen molar-refractivity contribution < 1.29 is 17.9 Å². The van der Waals surface area contributed by atoms with Gasteiger partial charge in [0, 0.05) is 18.8 Å². The highest BCUT2D eigenvalue weighted by atomic mass is 32.2. The number of carbonyl (C=O) groups is 1. The van der Waals surface area contributed by atoms with Crippen molar-refractivity contribution in [2.45, 2.75) is 44.4 Å². The molecule has 1 fully saturated rings. The third-order valence-electron chi connectivity index (χ3n) is 5.51. The summed E-state index contributed by atoms with van der Waals surface area (Å²) in [6, 6.07) is 12.9. The van der Waals surface area contributed by atoms with Crippen molar-refractivity contribution in [3.8, 4) is 5.75 Å². The van der Waals surface area contributed by atoms with Gasteiger partial charge in [0.15, 0.2) is 0 Å². The van der Waals surface area contributed by atoms with Gasteiger partial charge in [0.05, 0.1) is 13.0 Å². The number of carbonyl (C=O) groups excluding carboxylic acids is 1. The van der Waals surface area contributed by atoms with Crippen LogP contribution in [0.4, 0.5) is 5.69 Å². The number of sulfonamides is 1. The smallest absolute Gasteiger partial charge is 0.246 e. The number of piperidine rings is 1. The molecule has 1 heterocycles. The number of aryl methyl sites for hydroxylation is 1. The number of benzene rings is 2. The first kappa shape index (κ1) is 22.3. The van der Waals surface area contributed by atoms with E-state index in [0.29, 0.717) is 25.1 Å². The maximum atomic E-state index is 13.4. The second-order valence-electron chi connectivity index (χ2n) is 8.13. The Bertz CT molecular complexity index is 1020. The third kappa shape index (κ3) is 4.84. The van der Waals surface area contributed by atoms with Crippen LogP contribution >= 0.6 is 0 Å². The number of rotatable bonds is 6. The summed E-state index contributed by atoms with van der Waals surface area (Å²) in [6.45, 7) is 6.55. The number of nitrogens with one attached hydrogen (secondary N) is 1. The van der Waals surface area contributed by atoms with E-state index in [1.165, 1.54) is 11.4 Å². The number of methoxy groups -OCH3 is 1. The molecule has 30 heavy (non-hydrogen) atoms. The summed E-state index contributed by atoms with van der Waals surface area (Å²) in [5, 5.41) is 2.93. The van der Waals surface area contributed by atoms with Crippen molar-refractivity contribution in [3.05, 3.63) is 53.6 Å². The van der Waals surface area contributed by atoms with Gasteiger partial charge in [0.25, 0.3) is 0 Å². The van der Waals surface area contributed by atoms with Crippen LogP contribution in [0, 0.1) is 12.8 Å². The Balaban J connectivity index is 1.82. The van der Waals surface area contributed by atoms with Gasteiger partial charge >= 0.3 is 0 Å². The molecule has 2 aromatic carbocycles. The zero-order valence-corrected chi connectivity index (χ0v) is 18.8. The van der Waals surface area contributed by atoms with Crippen molar-refractivity contribution >= 4 is 21.6 Å². The van der Waals surface area contributed by atoms with Gasteiger partial charge in [0.1, 0.15) is 10.6 Å². The molecule has 0 radical (unpaired) electrons. The fourth-order valence-electron chi connectivity index (χ4n) is 3.73. The monoisotopic (exact) mass is 430 g/mol. The van der Waals surface area contributed by atoms with Gasteiger partial charge in [-0.15, -0.1) is 0 Å². The fraction of sp³-hybridized carbons (Fsp3) is 0.435. The molecule has 3 rings (SSSR count).